The van der Waals surface area contributed by atoms with Crippen molar-refractivity contribution in [3.63, 3.8) is 0 Å². The van der Waals surface area contributed by atoms with Gasteiger partial charge in [-0.25, -0.2) is 28.1 Å². The molecule has 6 rings (SSSR count). The highest BCUT2D eigenvalue weighted by molar-refractivity contribution is 7.92. The number of aromatic nitrogens is 4. The Morgan fingerprint density at radius 3 is 2.39 bits per heavy atom. The van der Waals surface area contributed by atoms with Crippen LogP contribution in [0.2, 0.25) is 0 Å². The van der Waals surface area contributed by atoms with E-state index in [-0.39, 0.29) is 22.3 Å². The van der Waals surface area contributed by atoms with Gasteiger partial charge >= 0.3 is 0 Å². The highest BCUT2D eigenvalue weighted by atomic mass is 32.2. The number of carbonyl (C=O) groups is 1. The number of ether oxygens (including phenoxy) is 1. The number of carbonyl (C=O) groups excluding carboxylic acids is 1. The van der Waals surface area contributed by atoms with Gasteiger partial charge < -0.3 is 10.1 Å². The SMILES string of the molecule is Cc1cccc(C)c1-c1cc2nc(n1)NS(=O)(=O)c1cccc(c1)C(=O)NC1(CCN(Cc3ncccn3)CC1)O2. The number of likely N-dealkylation sites (tertiary alicyclic amines) is 1. The first kappa shape index (κ1) is 26.8. The van der Waals surface area contributed by atoms with Crippen LogP contribution in [0, 0.1) is 13.8 Å². The molecule has 11 nitrogen and oxygen atoms in total. The number of piperidine rings is 1. The summed E-state index contributed by atoms with van der Waals surface area (Å²) in [5.74, 6) is 0.313. The molecule has 1 fully saturated rings. The molecule has 0 atom stereocenters. The number of nitrogens with zero attached hydrogens (tertiary/aromatic N) is 5. The molecule has 1 spiro atoms. The predicted molar refractivity (Wildman–Crippen MR) is 152 cm³/mol. The summed E-state index contributed by atoms with van der Waals surface area (Å²) in [4.78, 5) is 33.3. The van der Waals surface area contributed by atoms with E-state index >= 15 is 0 Å². The summed E-state index contributed by atoms with van der Waals surface area (Å²) in [5.41, 5.74) is 2.41. The summed E-state index contributed by atoms with van der Waals surface area (Å²) in [5, 5.41) is 3.07. The fraction of sp³-hybridized carbons (Fsp3) is 0.276. The molecule has 0 saturated carbocycles. The molecule has 4 aromatic rings. The summed E-state index contributed by atoms with van der Waals surface area (Å²) in [7, 11) is -4.09. The number of aryl methyl sites for hydroxylation is 2. The fourth-order valence-corrected chi connectivity index (χ4v) is 6.26. The van der Waals surface area contributed by atoms with Crippen molar-refractivity contribution in [3.05, 3.63) is 89.5 Å². The second kappa shape index (κ2) is 10.5. The molecule has 41 heavy (non-hydrogen) atoms. The van der Waals surface area contributed by atoms with Crippen molar-refractivity contribution >= 4 is 21.9 Å². The van der Waals surface area contributed by atoms with E-state index in [4.69, 9.17) is 4.74 Å². The standard InChI is InChI=1S/C29H29N7O4S/c1-19-6-3-7-20(2)26(19)23-17-25-33-28(32-23)35-41(38,39)22-9-4-8-21(16-22)27(37)34-29(40-25)10-14-36(15-11-29)18-24-30-12-5-13-31-24/h3-9,12-13,16-17H,10-11,14-15,18H2,1-2H3,(H,34,37)(H,32,33,35). The summed E-state index contributed by atoms with van der Waals surface area (Å²) >= 11 is 0. The fourth-order valence-electron chi connectivity index (χ4n) is 5.27. The van der Waals surface area contributed by atoms with Gasteiger partial charge in [0.15, 0.2) is 5.72 Å². The molecule has 2 N–H and O–H groups in total. The Morgan fingerprint density at radius 2 is 1.66 bits per heavy atom. The van der Waals surface area contributed by atoms with Crippen LogP contribution in [-0.4, -0.2) is 58.0 Å². The van der Waals surface area contributed by atoms with Crippen molar-refractivity contribution in [2.24, 2.45) is 0 Å². The first-order chi connectivity index (χ1) is 19.7. The number of anilines is 1. The monoisotopic (exact) mass is 571 g/mol. The van der Waals surface area contributed by atoms with Gasteiger partial charge in [-0.05, 0) is 49.2 Å². The lowest BCUT2D eigenvalue weighted by atomic mass is 9.98. The number of sulfonamides is 1. The molecular weight excluding hydrogens is 542 g/mol. The summed E-state index contributed by atoms with van der Waals surface area (Å²) in [6.45, 7) is 5.71. The van der Waals surface area contributed by atoms with Crippen molar-refractivity contribution in [1.29, 1.82) is 0 Å². The summed E-state index contributed by atoms with van der Waals surface area (Å²) < 4.78 is 35.6. The van der Waals surface area contributed by atoms with Gasteiger partial charge in [-0.2, -0.15) is 4.98 Å². The third kappa shape index (κ3) is 5.61. The van der Waals surface area contributed by atoms with Crippen molar-refractivity contribution < 1.29 is 17.9 Å². The van der Waals surface area contributed by atoms with Crippen LogP contribution in [0.5, 0.6) is 5.88 Å². The Bertz CT molecular complexity index is 1700. The lowest BCUT2D eigenvalue weighted by Crippen LogP contribution is -2.59. The lowest BCUT2D eigenvalue weighted by Gasteiger charge is -2.41. The molecule has 2 aliphatic heterocycles. The lowest BCUT2D eigenvalue weighted by molar-refractivity contribution is -0.0262. The molecule has 4 heterocycles. The molecule has 2 aromatic heterocycles. The van der Waals surface area contributed by atoms with E-state index in [0.717, 1.165) is 22.5 Å². The number of amides is 1. The molecule has 2 aromatic carbocycles. The van der Waals surface area contributed by atoms with E-state index in [1.165, 1.54) is 18.2 Å². The maximum atomic E-state index is 13.5. The normalized spacial score (nSPS) is 17.9. The third-order valence-corrected chi connectivity index (χ3v) is 8.69. The number of benzene rings is 2. The molecular formula is C29H29N7O4S. The Balaban J connectivity index is 1.42. The van der Waals surface area contributed by atoms with Crippen LogP contribution in [0.3, 0.4) is 0 Å². The molecule has 4 bridgehead atoms. The van der Waals surface area contributed by atoms with Crippen LogP contribution >= 0.6 is 0 Å². The maximum absolute atomic E-state index is 13.5. The van der Waals surface area contributed by atoms with Gasteiger partial charge in [0.25, 0.3) is 15.9 Å². The molecule has 0 unspecified atom stereocenters. The van der Waals surface area contributed by atoms with Crippen molar-refractivity contribution in [2.75, 3.05) is 17.8 Å². The minimum absolute atomic E-state index is 0.0685. The molecule has 12 heteroatoms. The Kier molecular flexibility index (Phi) is 6.88. The second-order valence-corrected chi connectivity index (χ2v) is 12.0. The topological polar surface area (TPSA) is 139 Å². The number of hydrogen-bond acceptors (Lipinski definition) is 9. The van der Waals surface area contributed by atoms with Crippen LogP contribution in [-0.2, 0) is 16.6 Å². The zero-order chi connectivity index (χ0) is 28.6. The highest BCUT2D eigenvalue weighted by Crippen LogP contribution is 2.33. The molecule has 0 radical (unpaired) electrons. The van der Waals surface area contributed by atoms with Crippen LogP contribution in [0.4, 0.5) is 5.95 Å². The average Bonchev–Trinajstić information content (AvgIpc) is 2.94. The Labute approximate surface area is 238 Å². The van der Waals surface area contributed by atoms with Crippen molar-refractivity contribution in [2.45, 2.75) is 43.9 Å². The minimum Gasteiger partial charge on any atom is -0.451 e. The number of nitrogens with one attached hydrogen (secondary N) is 2. The van der Waals surface area contributed by atoms with E-state index in [2.05, 4.69) is 34.9 Å². The van der Waals surface area contributed by atoms with Crippen LogP contribution in [0.1, 0.15) is 40.2 Å². The summed E-state index contributed by atoms with van der Waals surface area (Å²) in [6.07, 6.45) is 4.34. The first-order valence-corrected chi connectivity index (χ1v) is 14.8. The van der Waals surface area contributed by atoms with Gasteiger partial charge in [-0.1, -0.05) is 24.3 Å². The van der Waals surface area contributed by atoms with E-state index < -0.39 is 21.7 Å². The zero-order valence-electron chi connectivity index (χ0n) is 22.7. The quantitative estimate of drug-likeness (QED) is 0.378. The smallest absolute Gasteiger partial charge is 0.264 e. The molecule has 1 amide bonds. The number of hydrogen-bond donors (Lipinski definition) is 2. The zero-order valence-corrected chi connectivity index (χ0v) is 23.5. The molecule has 0 aliphatic carbocycles. The van der Waals surface area contributed by atoms with Gasteiger partial charge in [-0.3, -0.25) is 9.69 Å². The van der Waals surface area contributed by atoms with Gasteiger partial charge in [0.05, 0.1) is 17.1 Å². The highest BCUT2D eigenvalue weighted by Gasteiger charge is 2.40. The minimum atomic E-state index is -4.09. The van der Waals surface area contributed by atoms with Crippen molar-refractivity contribution in [1.82, 2.24) is 30.2 Å². The van der Waals surface area contributed by atoms with Gasteiger partial charge in [0.2, 0.25) is 11.8 Å². The van der Waals surface area contributed by atoms with E-state index in [1.807, 2.05) is 32.0 Å². The van der Waals surface area contributed by atoms with Crippen LogP contribution in [0.25, 0.3) is 11.3 Å². The molecule has 1 saturated heterocycles. The Morgan fingerprint density at radius 1 is 0.951 bits per heavy atom. The van der Waals surface area contributed by atoms with Gasteiger partial charge in [-0.15, -0.1) is 0 Å². The third-order valence-electron chi connectivity index (χ3n) is 7.36. The first-order valence-electron chi connectivity index (χ1n) is 13.3. The number of fused-ring (bicyclic) bond motifs is 4. The van der Waals surface area contributed by atoms with E-state index in [9.17, 15) is 13.2 Å². The largest absolute Gasteiger partial charge is 0.451 e. The van der Waals surface area contributed by atoms with Gasteiger partial charge in [0, 0.05) is 55.5 Å². The Hall–Kier alpha value is -4.42. The van der Waals surface area contributed by atoms with Crippen molar-refractivity contribution in [3.8, 4) is 17.1 Å². The van der Waals surface area contributed by atoms with Crippen LogP contribution < -0.4 is 14.8 Å². The molecule has 210 valence electrons. The maximum Gasteiger partial charge on any atom is 0.264 e. The van der Waals surface area contributed by atoms with Crippen LogP contribution in [0.15, 0.2) is 71.9 Å². The predicted octanol–water partition coefficient (Wildman–Crippen LogP) is 3.47. The second-order valence-electron chi connectivity index (χ2n) is 10.3. The van der Waals surface area contributed by atoms with Gasteiger partial charge in [0.1, 0.15) is 5.82 Å². The summed E-state index contributed by atoms with van der Waals surface area (Å²) in [6, 6.07) is 15.2. The number of rotatable bonds is 3. The van der Waals surface area contributed by atoms with E-state index in [0.29, 0.717) is 38.2 Å². The average molecular weight is 572 g/mol. The molecule has 2 aliphatic rings. The van der Waals surface area contributed by atoms with E-state index in [1.54, 1.807) is 30.6 Å².